The van der Waals surface area contributed by atoms with Crippen molar-refractivity contribution in [2.24, 2.45) is 0 Å². The number of nitrogens with zero attached hydrogens (tertiary/aromatic N) is 7. The molecule has 0 aliphatic carbocycles. The van der Waals surface area contributed by atoms with E-state index in [1.807, 2.05) is 29.2 Å². The molecule has 0 unspecified atom stereocenters. The predicted molar refractivity (Wildman–Crippen MR) is 134 cm³/mol. The molecule has 5 rings (SSSR count). The second kappa shape index (κ2) is 10.2. The zero-order valence-electron chi connectivity index (χ0n) is 20.0. The summed E-state index contributed by atoms with van der Waals surface area (Å²) in [4.78, 5) is 24.9. The van der Waals surface area contributed by atoms with Gasteiger partial charge in [-0.1, -0.05) is 0 Å². The second-order valence-electron chi connectivity index (χ2n) is 8.98. The third-order valence-electron chi connectivity index (χ3n) is 6.43. The summed E-state index contributed by atoms with van der Waals surface area (Å²) < 4.78 is 39.3. The largest absolute Gasteiger partial charge is 0.324 e. The molecular formula is C24H25FN8O3S. The SMILES string of the molecule is N#CCCn1cc(-c2nc(Nc3ccc4c(c3)CCN4C(=O)CN3CCS(=O)(=O)CC3)ncc2F)cn1. The Morgan fingerprint density at radius 1 is 1.19 bits per heavy atom. The first kappa shape index (κ1) is 24.8. The number of aromatic nitrogens is 4. The van der Waals surface area contributed by atoms with E-state index in [4.69, 9.17) is 5.26 Å². The van der Waals surface area contributed by atoms with Gasteiger partial charge in [0.25, 0.3) is 0 Å². The van der Waals surface area contributed by atoms with Crippen molar-refractivity contribution in [2.75, 3.05) is 47.9 Å². The summed E-state index contributed by atoms with van der Waals surface area (Å²) in [5.41, 5.74) is 3.10. The van der Waals surface area contributed by atoms with Crippen LogP contribution in [-0.2, 0) is 27.6 Å². The van der Waals surface area contributed by atoms with Gasteiger partial charge in [0, 0.05) is 42.8 Å². The third kappa shape index (κ3) is 5.60. The molecule has 11 nitrogen and oxygen atoms in total. The molecule has 37 heavy (non-hydrogen) atoms. The Morgan fingerprint density at radius 2 is 2.00 bits per heavy atom. The van der Waals surface area contributed by atoms with Gasteiger partial charge in [-0.2, -0.15) is 10.4 Å². The summed E-state index contributed by atoms with van der Waals surface area (Å²) in [6.45, 7) is 1.89. The third-order valence-corrected chi connectivity index (χ3v) is 8.04. The van der Waals surface area contributed by atoms with Crippen molar-refractivity contribution in [2.45, 2.75) is 19.4 Å². The summed E-state index contributed by atoms with van der Waals surface area (Å²) in [5, 5.41) is 16.0. The van der Waals surface area contributed by atoms with E-state index in [9.17, 15) is 17.6 Å². The number of amides is 1. The van der Waals surface area contributed by atoms with Crippen LogP contribution in [0.3, 0.4) is 0 Å². The highest BCUT2D eigenvalue weighted by Crippen LogP contribution is 2.32. The van der Waals surface area contributed by atoms with Crippen molar-refractivity contribution in [1.82, 2.24) is 24.6 Å². The maximum absolute atomic E-state index is 14.4. The number of halogens is 1. The molecule has 2 aliphatic heterocycles. The molecule has 2 aliphatic rings. The van der Waals surface area contributed by atoms with Crippen molar-refractivity contribution >= 4 is 33.1 Å². The van der Waals surface area contributed by atoms with Crippen molar-refractivity contribution < 1.29 is 17.6 Å². The lowest BCUT2D eigenvalue weighted by Gasteiger charge is -2.28. The van der Waals surface area contributed by atoms with Gasteiger partial charge in [0.2, 0.25) is 11.9 Å². The number of aryl methyl sites for hydroxylation is 1. The molecule has 0 atom stereocenters. The molecule has 3 aromatic rings. The number of rotatable bonds is 7. The monoisotopic (exact) mass is 524 g/mol. The quantitative estimate of drug-likeness (QED) is 0.490. The molecule has 0 bridgehead atoms. The lowest BCUT2D eigenvalue weighted by Crippen LogP contribution is -2.46. The zero-order valence-corrected chi connectivity index (χ0v) is 20.8. The molecular weight excluding hydrogens is 499 g/mol. The summed E-state index contributed by atoms with van der Waals surface area (Å²) in [7, 11) is -2.99. The summed E-state index contributed by atoms with van der Waals surface area (Å²) in [6.07, 6.45) is 5.20. The van der Waals surface area contributed by atoms with Crippen LogP contribution in [0.25, 0.3) is 11.3 Å². The molecule has 2 aromatic heterocycles. The summed E-state index contributed by atoms with van der Waals surface area (Å²) in [5.74, 6) is -0.252. The Labute approximate surface area is 213 Å². The van der Waals surface area contributed by atoms with E-state index in [1.165, 1.54) is 6.20 Å². The molecule has 1 saturated heterocycles. The van der Waals surface area contributed by atoms with Gasteiger partial charge in [-0.3, -0.25) is 14.4 Å². The molecule has 1 N–H and O–H groups in total. The van der Waals surface area contributed by atoms with Crippen molar-refractivity contribution in [1.29, 1.82) is 5.26 Å². The van der Waals surface area contributed by atoms with E-state index in [-0.39, 0.29) is 35.6 Å². The standard InChI is InChI=1S/C24H25FN8O3S/c25-20-14-27-24(30-23(20)18-13-28-32(15-18)6-1-5-26)29-19-2-3-21-17(12-19)4-7-33(21)22(34)16-31-8-10-37(35,36)11-9-31/h2-3,12-15H,1,4,6-11,16H2,(H,27,29,30). The molecule has 0 spiro atoms. The highest BCUT2D eigenvalue weighted by molar-refractivity contribution is 7.91. The lowest BCUT2D eigenvalue weighted by molar-refractivity contribution is -0.119. The summed E-state index contributed by atoms with van der Waals surface area (Å²) in [6, 6.07) is 7.63. The molecule has 4 heterocycles. The minimum absolute atomic E-state index is 0.0550. The Kier molecular flexibility index (Phi) is 6.86. The van der Waals surface area contributed by atoms with Gasteiger partial charge in [0.05, 0.1) is 49.5 Å². The van der Waals surface area contributed by atoms with Crippen LogP contribution in [0.1, 0.15) is 12.0 Å². The first-order valence-electron chi connectivity index (χ1n) is 11.9. The number of carbonyl (C=O) groups is 1. The predicted octanol–water partition coefficient (Wildman–Crippen LogP) is 1.76. The first-order valence-corrected chi connectivity index (χ1v) is 13.7. The van der Waals surface area contributed by atoms with E-state index < -0.39 is 15.7 Å². The minimum Gasteiger partial charge on any atom is -0.324 e. The number of hydrogen-bond acceptors (Lipinski definition) is 9. The van der Waals surface area contributed by atoms with Gasteiger partial charge < -0.3 is 10.2 Å². The molecule has 0 radical (unpaired) electrons. The summed E-state index contributed by atoms with van der Waals surface area (Å²) >= 11 is 0. The number of anilines is 3. The van der Waals surface area contributed by atoms with Crippen LogP contribution in [-0.4, -0.2) is 76.7 Å². The Bertz CT molecular complexity index is 1470. The van der Waals surface area contributed by atoms with Gasteiger partial charge >= 0.3 is 0 Å². The van der Waals surface area contributed by atoms with Crippen LogP contribution >= 0.6 is 0 Å². The molecule has 0 saturated carbocycles. The highest BCUT2D eigenvalue weighted by Gasteiger charge is 2.28. The van der Waals surface area contributed by atoms with Crippen LogP contribution in [0.2, 0.25) is 0 Å². The van der Waals surface area contributed by atoms with Gasteiger partial charge in [-0.25, -0.2) is 22.8 Å². The number of hydrogen-bond donors (Lipinski definition) is 1. The number of fused-ring (bicyclic) bond motifs is 1. The van der Waals surface area contributed by atoms with Gasteiger partial charge in [-0.15, -0.1) is 0 Å². The Morgan fingerprint density at radius 3 is 2.78 bits per heavy atom. The number of nitriles is 1. The molecule has 1 aromatic carbocycles. The second-order valence-corrected chi connectivity index (χ2v) is 11.3. The van der Waals surface area contributed by atoms with E-state index >= 15 is 0 Å². The topological polar surface area (TPSA) is 137 Å². The minimum atomic E-state index is -2.99. The maximum atomic E-state index is 14.4. The van der Waals surface area contributed by atoms with E-state index in [0.717, 1.165) is 17.4 Å². The van der Waals surface area contributed by atoms with Crippen molar-refractivity contribution in [3.8, 4) is 17.3 Å². The van der Waals surface area contributed by atoms with Crippen molar-refractivity contribution in [3.05, 3.63) is 48.2 Å². The molecule has 1 amide bonds. The van der Waals surface area contributed by atoms with Crippen LogP contribution in [0.15, 0.2) is 36.8 Å². The van der Waals surface area contributed by atoms with Crippen LogP contribution in [0, 0.1) is 17.1 Å². The van der Waals surface area contributed by atoms with Crippen molar-refractivity contribution in [3.63, 3.8) is 0 Å². The number of sulfone groups is 1. The average molecular weight is 525 g/mol. The van der Waals surface area contributed by atoms with Crippen LogP contribution in [0.5, 0.6) is 0 Å². The fourth-order valence-electron chi connectivity index (χ4n) is 4.46. The zero-order chi connectivity index (χ0) is 26.0. The fourth-order valence-corrected chi connectivity index (χ4v) is 5.73. The lowest BCUT2D eigenvalue weighted by atomic mass is 10.1. The molecule has 1 fully saturated rings. The fraction of sp³-hybridized carbons (Fsp3) is 0.375. The van der Waals surface area contributed by atoms with E-state index in [1.54, 1.807) is 15.8 Å². The first-order chi connectivity index (χ1) is 17.8. The number of benzene rings is 1. The smallest absolute Gasteiger partial charge is 0.241 e. The Hall–Kier alpha value is -3.89. The number of carbonyl (C=O) groups excluding carboxylic acids is 1. The molecule has 13 heteroatoms. The maximum Gasteiger partial charge on any atom is 0.241 e. The average Bonchev–Trinajstić information content (AvgIpc) is 3.52. The number of nitrogens with one attached hydrogen (secondary N) is 1. The normalized spacial score (nSPS) is 16.8. The van der Waals surface area contributed by atoms with Crippen LogP contribution in [0.4, 0.5) is 21.7 Å². The van der Waals surface area contributed by atoms with E-state index in [2.05, 4.69) is 20.4 Å². The molecule has 192 valence electrons. The van der Waals surface area contributed by atoms with E-state index in [0.29, 0.717) is 50.3 Å². The van der Waals surface area contributed by atoms with Gasteiger partial charge in [0.1, 0.15) is 5.69 Å². The van der Waals surface area contributed by atoms with Gasteiger partial charge in [0.15, 0.2) is 15.7 Å². The van der Waals surface area contributed by atoms with Crippen LogP contribution < -0.4 is 10.2 Å². The van der Waals surface area contributed by atoms with Gasteiger partial charge in [-0.05, 0) is 30.2 Å². The highest BCUT2D eigenvalue weighted by atomic mass is 32.2. The Balaban J connectivity index is 1.26.